The Morgan fingerprint density at radius 2 is 2.11 bits per heavy atom. The number of amides is 1. The molecular weight excluding hydrogens is 330 g/mol. The second-order valence-electron chi connectivity index (χ2n) is 3.59. The molecule has 0 aliphatic carbocycles. The van der Waals surface area contributed by atoms with E-state index < -0.39 is 0 Å². The Balaban J connectivity index is 2.03. The van der Waals surface area contributed by atoms with E-state index in [1.807, 2.05) is 42.7 Å². The van der Waals surface area contributed by atoms with E-state index >= 15 is 0 Å². The lowest BCUT2D eigenvalue weighted by Crippen LogP contribution is -2.22. The summed E-state index contributed by atoms with van der Waals surface area (Å²) in [6.45, 7) is 0.567. The number of benzene rings is 1. The fourth-order valence-corrected chi connectivity index (χ4v) is 3.56. The Hall–Kier alpha value is -0.780. The number of nitrogens with one attached hydrogen (secondary N) is 1. The van der Waals surface area contributed by atoms with Crippen LogP contribution in [0.5, 0.6) is 0 Å². The van der Waals surface area contributed by atoms with Gasteiger partial charge >= 0.3 is 0 Å². The van der Waals surface area contributed by atoms with Gasteiger partial charge in [-0.25, -0.2) is 0 Å². The van der Waals surface area contributed by atoms with Crippen LogP contribution in [0.25, 0.3) is 0 Å². The Bertz CT molecular complexity index is 553. The van der Waals surface area contributed by atoms with Gasteiger partial charge in [0.05, 0.1) is 15.9 Å². The van der Waals surface area contributed by atoms with Crippen LogP contribution in [0.3, 0.4) is 0 Å². The molecule has 94 valence electrons. The molecular formula is C13H12BrNOS2. The minimum atomic E-state index is -0.0236. The average Bonchev–Trinajstić information content (AvgIpc) is 2.81. The third-order valence-electron chi connectivity index (χ3n) is 2.40. The van der Waals surface area contributed by atoms with Gasteiger partial charge in [0.1, 0.15) is 0 Å². The zero-order chi connectivity index (χ0) is 13.0. The SMILES string of the molecule is CSc1ccccc1C(=O)NCc1ccc(Br)s1. The lowest BCUT2D eigenvalue weighted by Gasteiger charge is -2.07. The molecule has 0 fully saturated rings. The molecule has 1 N–H and O–H groups in total. The van der Waals surface area contributed by atoms with Crippen LogP contribution in [-0.2, 0) is 6.54 Å². The summed E-state index contributed by atoms with van der Waals surface area (Å²) in [7, 11) is 0. The maximum absolute atomic E-state index is 12.1. The molecule has 0 spiro atoms. The largest absolute Gasteiger partial charge is 0.347 e. The van der Waals surface area contributed by atoms with Crippen molar-refractivity contribution in [2.75, 3.05) is 6.26 Å². The maximum Gasteiger partial charge on any atom is 0.252 e. The lowest BCUT2D eigenvalue weighted by atomic mass is 10.2. The second-order valence-corrected chi connectivity index (χ2v) is 6.98. The number of hydrogen-bond donors (Lipinski definition) is 1. The third-order valence-corrected chi connectivity index (χ3v) is 4.82. The predicted molar refractivity (Wildman–Crippen MR) is 81.4 cm³/mol. The summed E-state index contributed by atoms with van der Waals surface area (Å²) in [5.74, 6) is -0.0236. The molecule has 0 atom stereocenters. The van der Waals surface area contributed by atoms with E-state index in [0.717, 1.165) is 19.1 Å². The van der Waals surface area contributed by atoms with Gasteiger partial charge in [0.25, 0.3) is 5.91 Å². The van der Waals surface area contributed by atoms with Crippen LogP contribution in [0, 0.1) is 0 Å². The van der Waals surface area contributed by atoms with Crippen molar-refractivity contribution in [1.29, 1.82) is 0 Å². The molecule has 2 nitrogen and oxygen atoms in total. The van der Waals surface area contributed by atoms with Crippen LogP contribution in [0.2, 0.25) is 0 Å². The van der Waals surface area contributed by atoms with Crippen molar-refractivity contribution < 1.29 is 4.79 Å². The van der Waals surface area contributed by atoms with Crippen LogP contribution in [0.4, 0.5) is 0 Å². The van der Waals surface area contributed by atoms with Gasteiger partial charge in [-0.1, -0.05) is 12.1 Å². The number of carbonyl (C=O) groups excluding carboxylic acids is 1. The molecule has 0 saturated heterocycles. The molecule has 5 heteroatoms. The minimum absolute atomic E-state index is 0.0236. The first kappa shape index (κ1) is 13.6. The average molecular weight is 342 g/mol. The second kappa shape index (κ2) is 6.41. The van der Waals surface area contributed by atoms with Gasteiger partial charge < -0.3 is 5.32 Å². The number of rotatable bonds is 4. The molecule has 2 rings (SSSR count). The normalized spacial score (nSPS) is 10.3. The molecule has 0 saturated carbocycles. The number of thiophene rings is 1. The summed E-state index contributed by atoms with van der Waals surface area (Å²) < 4.78 is 1.08. The molecule has 0 radical (unpaired) electrons. The van der Waals surface area contributed by atoms with Crippen LogP contribution >= 0.6 is 39.0 Å². The monoisotopic (exact) mass is 341 g/mol. The topological polar surface area (TPSA) is 29.1 Å². The van der Waals surface area contributed by atoms with E-state index in [9.17, 15) is 4.79 Å². The molecule has 1 aromatic heterocycles. The van der Waals surface area contributed by atoms with E-state index in [-0.39, 0.29) is 5.91 Å². The van der Waals surface area contributed by atoms with Gasteiger partial charge in [-0.05, 0) is 46.5 Å². The maximum atomic E-state index is 12.1. The number of thioether (sulfide) groups is 1. The van der Waals surface area contributed by atoms with Crippen LogP contribution < -0.4 is 5.32 Å². The molecule has 0 aliphatic heterocycles. The number of carbonyl (C=O) groups is 1. The zero-order valence-corrected chi connectivity index (χ0v) is 13.0. The fourth-order valence-electron chi connectivity index (χ4n) is 1.54. The summed E-state index contributed by atoms with van der Waals surface area (Å²) in [6, 6.07) is 11.6. The van der Waals surface area contributed by atoms with Gasteiger partial charge in [-0.15, -0.1) is 23.1 Å². The predicted octanol–water partition coefficient (Wildman–Crippen LogP) is 4.16. The Morgan fingerprint density at radius 3 is 2.78 bits per heavy atom. The van der Waals surface area contributed by atoms with Gasteiger partial charge in [-0.3, -0.25) is 4.79 Å². The van der Waals surface area contributed by atoms with E-state index in [1.165, 1.54) is 0 Å². The Morgan fingerprint density at radius 1 is 1.33 bits per heavy atom. The van der Waals surface area contributed by atoms with Gasteiger partial charge in [-0.2, -0.15) is 0 Å². The smallest absolute Gasteiger partial charge is 0.252 e. The van der Waals surface area contributed by atoms with Crippen molar-refractivity contribution in [1.82, 2.24) is 5.32 Å². The molecule has 0 aliphatic rings. The fraction of sp³-hybridized carbons (Fsp3) is 0.154. The van der Waals surface area contributed by atoms with Gasteiger partial charge in [0, 0.05) is 9.77 Å². The minimum Gasteiger partial charge on any atom is -0.347 e. The molecule has 2 aromatic rings. The third kappa shape index (κ3) is 3.37. The Labute approximate surface area is 123 Å². The van der Waals surface area contributed by atoms with Crippen molar-refractivity contribution in [3.05, 3.63) is 50.6 Å². The standard InChI is InChI=1S/C13H12BrNOS2/c1-17-11-5-3-2-4-10(11)13(16)15-8-9-6-7-12(14)18-9/h2-7H,8H2,1H3,(H,15,16). The van der Waals surface area contributed by atoms with E-state index in [2.05, 4.69) is 21.2 Å². The van der Waals surface area contributed by atoms with Gasteiger partial charge in [0.15, 0.2) is 0 Å². The van der Waals surface area contributed by atoms with Crippen molar-refractivity contribution in [3.8, 4) is 0 Å². The summed E-state index contributed by atoms with van der Waals surface area (Å²) in [5, 5.41) is 2.94. The molecule has 18 heavy (non-hydrogen) atoms. The highest BCUT2D eigenvalue weighted by atomic mass is 79.9. The summed E-state index contributed by atoms with van der Waals surface area (Å²) >= 11 is 6.62. The van der Waals surface area contributed by atoms with E-state index in [1.54, 1.807) is 23.1 Å². The molecule has 1 heterocycles. The molecule has 1 amide bonds. The highest BCUT2D eigenvalue weighted by Gasteiger charge is 2.10. The van der Waals surface area contributed by atoms with Crippen molar-refractivity contribution >= 4 is 44.9 Å². The first-order valence-corrected chi connectivity index (χ1v) is 8.19. The number of halogens is 1. The summed E-state index contributed by atoms with van der Waals surface area (Å²) in [4.78, 5) is 14.2. The molecule has 0 unspecified atom stereocenters. The zero-order valence-electron chi connectivity index (χ0n) is 9.77. The highest BCUT2D eigenvalue weighted by molar-refractivity contribution is 9.11. The quantitative estimate of drug-likeness (QED) is 0.846. The van der Waals surface area contributed by atoms with Crippen molar-refractivity contribution in [2.24, 2.45) is 0 Å². The summed E-state index contributed by atoms with van der Waals surface area (Å²) in [6.07, 6.45) is 1.97. The first-order valence-electron chi connectivity index (χ1n) is 5.36. The van der Waals surface area contributed by atoms with Crippen LogP contribution in [0.15, 0.2) is 45.1 Å². The Kier molecular flexibility index (Phi) is 4.86. The molecule has 1 aromatic carbocycles. The van der Waals surface area contributed by atoms with E-state index in [0.29, 0.717) is 6.54 Å². The van der Waals surface area contributed by atoms with Crippen LogP contribution in [0.1, 0.15) is 15.2 Å². The van der Waals surface area contributed by atoms with Gasteiger partial charge in [0.2, 0.25) is 0 Å². The van der Waals surface area contributed by atoms with Crippen LogP contribution in [-0.4, -0.2) is 12.2 Å². The van der Waals surface area contributed by atoms with Crippen molar-refractivity contribution in [3.63, 3.8) is 0 Å². The lowest BCUT2D eigenvalue weighted by molar-refractivity contribution is 0.0948. The van der Waals surface area contributed by atoms with Crippen molar-refractivity contribution in [2.45, 2.75) is 11.4 Å². The highest BCUT2D eigenvalue weighted by Crippen LogP contribution is 2.22. The molecule has 0 bridgehead atoms. The van der Waals surface area contributed by atoms with E-state index in [4.69, 9.17) is 0 Å². The first-order chi connectivity index (χ1) is 8.70. The summed E-state index contributed by atoms with van der Waals surface area (Å²) in [5.41, 5.74) is 0.737. The number of hydrogen-bond acceptors (Lipinski definition) is 3.